The lowest BCUT2D eigenvalue weighted by Gasteiger charge is -2.17. The van der Waals surface area contributed by atoms with Gasteiger partial charge in [0.2, 0.25) is 0 Å². The second-order valence-electron chi connectivity index (χ2n) is 5.25. The van der Waals surface area contributed by atoms with Gasteiger partial charge in [0.25, 0.3) is 0 Å². The van der Waals surface area contributed by atoms with Gasteiger partial charge in [0, 0.05) is 23.9 Å². The van der Waals surface area contributed by atoms with Crippen molar-refractivity contribution < 1.29 is 4.74 Å². The third-order valence-corrected chi connectivity index (χ3v) is 3.30. The topological polar surface area (TPSA) is 22.1 Å². The van der Waals surface area contributed by atoms with Crippen molar-refractivity contribution in [2.45, 2.75) is 26.7 Å². The van der Waals surface area contributed by atoms with Crippen LogP contribution in [0.15, 0.2) is 54.4 Å². The number of ether oxygens (including phenoxy) is 1. The quantitative estimate of drug-likeness (QED) is 0.761. The molecule has 1 atom stereocenters. The van der Waals surface area contributed by atoms with Crippen molar-refractivity contribution in [2.24, 2.45) is 0 Å². The summed E-state index contributed by atoms with van der Waals surface area (Å²) in [4.78, 5) is 4.26. The van der Waals surface area contributed by atoms with Crippen LogP contribution in [-0.4, -0.2) is 12.1 Å². The number of allylic oxidation sites excluding steroid dienone is 2. The Kier molecular flexibility index (Phi) is 4.57. The summed E-state index contributed by atoms with van der Waals surface area (Å²) in [6.07, 6.45) is 5.91. The smallest absolute Gasteiger partial charge is 0.126 e. The molecule has 0 saturated carbocycles. The largest absolute Gasteiger partial charge is 0.496 e. The van der Waals surface area contributed by atoms with Crippen molar-refractivity contribution in [1.29, 1.82) is 0 Å². The summed E-state index contributed by atoms with van der Waals surface area (Å²) >= 11 is 0. The Bertz CT molecular complexity index is 595. The van der Waals surface area contributed by atoms with Gasteiger partial charge in [-0.25, -0.2) is 0 Å². The number of aromatic nitrogens is 1. The van der Waals surface area contributed by atoms with Crippen molar-refractivity contribution in [3.05, 3.63) is 71.1 Å². The Hall–Kier alpha value is -2.09. The van der Waals surface area contributed by atoms with Crippen LogP contribution >= 0.6 is 0 Å². The number of hydrogen-bond donors (Lipinski definition) is 0. The van der Waals surface area contributed by atoms with Gasteiger partial charge in [0.15, 0.2) is 0 Å². The van der Waals surface area contributed by atoms with E-state index in [1.807, 2.05) is 12.3 Å². The first-order chi connectivity index (χ1) is 9.61. The number of rotatable bonds is 4. The van der Waals surface area contributed by atoms with Crippen LogP contribution < -0.4 is 4.74 Å². The Labute approximate surface area is 121 Å². The minimum atomic E-state index is 0.171. The minimum absolute atomic E-state index is 0.171. The third kappa shape index (κ3) is 3.27. The van der Waals surface area contributed by atoms with Crippen LogP contribution in [0.5, 0.6) is 5.75 Å². The van der Waals surface area contributed by atoms with E-state index in [1.165, 1.54) is 16.7 Å². The summed E-state index contributed by atoms with van der Waals surface area (Å²) in [5.74, 6) is 1.05. The minimum Gasteiger partial charge on any atom is -0.496 e. The molecule has 1 aromatic heterocycles. The highest BCUT2D eigenvalue weighted by Gasteiger charge is 2.16. The summed E-state index contributed by atoms with van der Waals surface area (Å²) in [7, 11) is 1.70. The fraction of sp³-hybridized carbons (Fsp3) is 0.278. The monoisotopic (exact) mass is 267 g/mol. The highest BCUT2D eigenvalue weighted by molar-refractivity contribution is 5.44. The number of pyridine rings is 1. The van der Waals surface area contributed by atoms with Crippen molar-refractivity contribution in [3.63, 3.8) is 0 Å². The molecule has 0 radical (unpaired) electrons. The van der Waals surface area contributed by atoms with Gasteiger partial charge in [-0.1, -0.05) is 41.5 Å². The van der Waals surface area contributed by atoms with E-state index in [0.29, 0.717) is 0 Å². The normalized spacial score (nSPS) is 11.8. The van der Waals surface area contributed by atoms with Gasteiger partial charge < -0.3 is 4.74 Å². The predicted molar refractivity (Wildman–Crippen MR) is 83.2 cm³/mol. The summed E-state index contributed by atoms with van der Waals surface area (Å²) in [5, 5.41) is 0. The van der Waals surface area contributed by atoms with Crippen LogP contribution in [0.3, 0.4) is 0 Å². The molecule has 20 heavy (non-hydrogen) atoms. The van der Waals surface area contributed by atoms with E-state index in [1.54, 1.807) is 13.3 Å². The van der Waals surface area contributed by atoms with Crippen LogP contribution in [0, 0.1) is 6.92 Å². The van der Waals surface area contributed by atoms with Crippen LogP contribution in [0.2, 0.25) is 0 Å². The van der Waals surface area contributed by atoms with Crippen molar-refractivity contribution >= 4 is 0 Å². The average Bonchev–Trinajstić information content (AvgIpc) is 2.45. The van der Waals surface area contributed by atoms with Crippen LogP contribution in [0.25, 0.3) is 0 Å². The Morgan fingerprint density at radius 3 is 2.45 bits per heavy atom. The maximum absolute atomic E-state index is 5.48. The first-order valence-electron chi connectivity index (χ1n) is 6.81. The van der Waals surface area contributed by atoms with E-state index in [9.17, 15) is 0 Å². The van der Waals surface area contributed by atoms with E-state index >= 15 is 0 Å². The standard InChI is InChI=1S/C18H21NO/c1-13(2)11-16(15-7-5-14(3)6-8-15)17-12-19-10-9-18(17)20-4/h5-12,16H,1-4H3/t16-/m1/s1. The molecule has 2 heteroatoms. The molecule has 1 heterocycles. The van der Waals surface area contributed by atoms with Gasteiger partial charge in [0.1, 0.15) is 5.75 Å². The van der Waals surface area contributed by atoms with Gasteiger partial charge in [-0.2, -0.15) is 0 Å². The molecule has 0 unspecified atom stereocenters. The lowest BCUT2D eigenvalue weighted by atomic mass is 9.89. The number of methoxy groups -OCH3 is 1. The fourth-order valence-electron chi connectivity index (χ4n) is 2.29. The molecule has 104 valence electrons. The van der Waals surface area contributed by atoms with E-state index in [2.05, 4.69) is 56.1 Å². The molecule has 0 aliphatic rings. The molecule has 2 aromatic rings. The van der Waals surface area contributed by atoms with E-state index in [-0.39, 0.29) is 5.92 Å². The number of aryl methyl sites for hydroxylation is 1. The lowest BCUT2D eigenvalue weighted by Crippen LogP contribution is -2.02. The SMILES string of the molecule is COc1ccncc1[C@H](C=C(C)C)c1ccc(C)cc1. The second kappa shape index (κ2) is 6.38. The number of benzene rings is 1. The number of hydrogen-bond acceptors (Lipinski definition) is 2. The highest BCUT2D eigenvalue weighted by Crippen LogP contribution is 2.33. The molecule has 0 N–H and O–H groups in total. The number of nitrogens with zero attached hydrogens (tertiary/aromatic N) is 1. The molecule has 2 nitrogen and oxygen atoms in total. The first-order valence-corrected chi connectivity index (χ1v) is 6.81. The van der Waals surface area contributed by atoms with Gasteiger partial charge in [0.05, 0.1) is 7.11 Å². The summed E-state index contributed by atoms with van der Waals surface area (Å²) in [5.41, 5.74) is 4.90. The molecule has 0 saturated heterocycles. The summed E-state index contributed by atoms with van der Waals surface area (Å²) in [6.45, 7) is 6.33. The zero-order valence-corrected chi connectivity index (χ0v) is 12.6. The molecule has 0 spiro atoms. The fourth-order valence-corrected chi connectivity index (χ4v) is 2.29. The molecule has 1 aromatic carbocycles. The van der Waals surface area contributed by atoms with E-state index in [4.69, 9.17) is 4.74 Å². The Balaban J connectivity index is 2.53. The summed E-state index contributed by atoms with van der Waals surface area (Å²) < 4.78 is 5.48. The highest BCUT2D eigenvalue weighted by atomic mass is 16.5. The lowest BCUT2D eigenvalue weighted by molar-refractivity contribution is 0.408. The van der Waals surface area contributed by atoms with Gasteiger partial charge >= 0.3 is 0 Å². The van der Waals surface area contributed by atoms with Gasteiger partial charge in [-0.3, -0.25) is 4.98 Å². The van der Waals surface area contributed by atoms with Crippen LogP contribution in [0.1, 0.15) is 36.5 Å². The first kappa shape index (κ1) is 14.3. The Morgan fingerprint density at radius 2 is 1.85 bits per heavy atom. The van der Waals surface area contributed by atoms with Crippen LogP contribution in [0.4, 0.5) is 0 Å². The Morgan fingerprint density at radius 1 is 1.15 bits per heavy atom. The molecule has 0 amide bonds. The van der Waals surface area contributed by atoms with Gasteiger partial charge in [-0.05, 0) is 32.4 Å². The summed E-state index contributed by atoms with van der Waals surface area (Å²) in [6, 6.07) is 10.5. The molecule has 0 aliphatic carbocycles. The molecule has 2 rings (SSSR count). The average molecular weight is 267 g/mol. The second-order valence-corrected chi connectivity index (χ2v) is 5.25. The van der Waals surface area contributed by atoms with Crippen molar-refractivity contribution in [1.82, 2.24) is 4.98 Å². The maximum Gasteiger partial charge on any atom is 0.126 e. The van der Waals surface area contributed by atoms with Gasteiger partial charge in [-0.15, -0.1) is 0 Å². The maximum atomic E-state index is 5.48. The molecule has 0 aliphatic heterocycles. The van der Waals surface area contributed by atoms with Crippen LogP contribution in [-0.2, 0) is 0 Å². The predicted octanol–water partition coefficient (Wildman–Crippen LogP) is 4.50. The van der Waals surface area contributed by atoms with Crippen molar-refractivity contribution in [2.75, 3.05) is 7.11 Å². The zero-order valence-electron chi connectivity index (χ0n) is 12.6. The van der Waals surface area contributed by atoms with Crippen molar-refractivity contribution in [3.8, 4) is 5.75 Å². The molecule has 0 fully saturated rings. The molecule has 0 bridgehead atoms. The third-order valence-electron chi connectivity index (χ3n) is 3.30. The zero-order chi connectivity index (χ0) is 14.5. The van der Waals surface area contributed by atoms with E-state index in [0.717, 1.165) is 11.3 Å². The molecular formula is C18H21NO. The van der Waals surface area contributed by atoms with E-state index < -0.39 is 0 Å². The molecular weight excluding hydrogens is 246 g/mol.